The Morgan fingerprint density at radius 2 is 2.21 bits per heavy atom. The molecule has 1 aromatic carbocycles. The monoisotopic (exact) mass is 331 g/mol. The Morgan fingerprint density at radius 1 is 1.42 bits per heavy atom. The third kappa shape index (κ3) is 2.43. The standard InChI is InChI=1S/C16H21N5O3/c1-17-15(23)16(10-24-3)7-4-8-21(16)14(22)11-5-6-13-12(9-11)18-19-20(13)2/h5-6,9H,4,7-8,10H2,1-3H3,(H,17,23). The minimum absolute atomic E-state index is 0.172. The van der Waals surface area contributed by atoms with Crippen molar-refractivity contribution < 1.29 is 14.3 Å². The molecule has 8 nitrogen and oxygen atoms in total. The van der Waals surface area contributed by atoms with Crippen molar-refractivity contribution in [2.24, 2.45) is 7.05 Å². The maximum absolute atomic E-state index is 13.0. The van der Waals surface area contributed by atoms with E-state index < -0.39 is 5.54 Å². The molecule has 3 rings (SSSR count). The zero-order valence-corrected chi connectivity index (χ0v) is 14.1. The second-order valence-corrected chi connectivity index (χ2v) is 6.02. The number of hydrogen-bond acceptors (Lipinski definition) is 5. The summed E-state index contributed by atoms with van der Waals surface area (Å²) in [6, 6.07) is 5.27. The van der Waals surface area contributed by atoms with Crippen molar-refractivity contribution in [3.05, 3.63) is 23.8 Å². The Kier molecular flexibility index (Phi) is 4.23. The van der Waals surface area contributed by atoms with Crippen LogP contribution in [-0.2, 0) is 16.6 Å². The van der Waals surface area contributed by atoms with E-state index in [1.165, 1.54) is 7.11 Å². The summed E-state index contributed by atoms with van der Waals surface area (Å²) in [5.74, 6) is -0.392. The van der Waals surface area contributed by atoms with Crippen LogP contribution in [0.2, 0.25) is 0 Å². The minimum atomic E-state index is -0.960. The van der Waals surface area contributed by atoms with Gasteiger partial charge in [-0.3, -0.25) is 9.59 Å². The number of fused-ring (bicyclic) bond motifs is 1. The molecule has 1 saturated heterocycles. The maximum Gasteiger partial charge on any atom is 0.254 e. The molecule has 128 valence electrons. The lowest BCUT2D eigenvalue weighted by Crippen LogP contribution is -2.59. The van der Waals surface area contributed by atoms with Gasteiger partial charge in [-0.05, 0) is 31.0 Å². The SMILES string of the molecule is CNC(=O)C1(COC)CCCN1C(=O)c1ccc2c(c1)nnn2C. The summed E-state index contributed by atoms with van der Waals surface area (Å²) in [5, 5.41) is 10.7. The zero-order chi connectivity index (χ0) is 17.3. The molecule has 1 unspecified atom stereocenters. The maximum atomic E-state index is 13.0. The van der Waals surface area contributed by atoms with Gasteiger partial charge in [-0.1, -0.05) is 5.21 Å². The van der Waals surface area contributed by atoms with Gasteiger partial charge in [0.25, 0.3) is 5.91 Å². The highest BCUT2D eigenvalue weighted by Gasteiger charge is 2.49. The van der Waals surface area contributed by atoms with Gasteiger partial charge >= 0.3 is 0 Å². The lowest BCUT2D eigenvalue weighted by atomic mass is 9.95. The molecule has 2 amide bonds. The normalized spacial score (nSPS) is 20.5. The van der Waals surface area contributed by atoms with E-state index in [-0.39, 0.29) is 18.4 Å². The van der Waals surface area contributed by atoms with E-state index in [9.17, 15) is 9.59 Å². The first-order valence-electron chi connectivity index (χ1n) is 7.86. The van der Waals surface area contributed by atoms with Gasteiger partial charge in [0.15, 0.2) is 0 Å². The average Bonchev–Trinajstić information content (AvgIpc) is 3.18. The van der Waals surface area contributed by atoms with Gasteiger partial charge in [-0.25, -0.2) is 4.68 Å². The largest absolute Gasteiger partial charge is 0.382 e. The van der Waals surface area contributed by atoms with E-state index in [0.29, 0.717) is 24.0 Å². The number of nitrogens with zero attached hydrogens (tertiary/aromatic N) is 4. The second kappa shape index (κ2) is 6.20. The molecule has 24 heavy (non-hydrogen) atoms. The van der Waals surface area contributed by atoms with Crippen LogP contribution in [0.4, 0.5) is 0 Å². The number of amides is 2. The van der Waals surface area contributed by atoms with Crippen LogP contribution >= 0.6 is 0 Å². The van der Waals surface area contributed by atoms with E-state index in [2.05, 4.69) is 15.6 Å². The number of aryl methyl sites for hydroxylation is 1. The molecule has 1 aromatic heterocycles. The fraction of sp³-hybridized carbons (Fsp3) is 0.500. The predicted octanol–water partition coefficient (Wildman–Crippen LogP) is 0.335. The molecular weight excluding hydrogens is 310 g/mol. The van der Waals surface area contributed by atoms with Crippen LogP contribution in [0, 0.1) is 0 Å². The van der Waals surface area contributed by atoms with Gasteiger partial charge in [0, 0.05) is 33.3 Å². The fourth-order valence-electron chi connectivity index (χ4n) is 3.43. The van der Waals surface area contributed by atoms with Crippen LogP contribution in [0.5, 0.6) is 0 Å². The number of methoxy groups -OCH3 is 1. The molecule has 1 N–H and O–H groups in total. The molecule has 1 atom stereocenters. The molecule has 0 bridgehead atoms. The summed E-state index contributed by atoms with van der Waals surface area (Å²) in [6.07, 6.45) is 1.34. The minimum Gasteiger partial charge on any atom is -0.382 e. The first-order valence-corrected chi connectivity index (χ1v) is 7.86. The predicted molar refractivity (Wildman–Crippen MR) is 87.5 cm³/mol. The summed E-state index contributed by atoms with van der Waals surface area (Å²) < 4.78 is 6.91. The van der Waals surface area contributed by atoms with Crippen molar-refractivity contribution in [1.29, 1.82) is 0 Å². The van der Waals surface area contributed by atoms with E-state index >= 15 is 0 Å². The van der Waals surface area contributed by atoms with Crippen molar-refractivity contribution in [2.45, 2.75) is 18.4 Å². The number of aromatic nitrogens is 3. The molecule has 1 aliphatic rings. The Morgan fingerprint density at radius 3 is 2.92 bits per heavy atom. The van der Waals surface area contributed by atoms with E-state index in [4.69, 9.17) is 4.74 Å². The molecule has 2 aromatic rings. The molecule has 0 saturated carbocycles. The van der Waals surface area contributed by atoms with Gasteiger partial charge in [0.05, 0.1) is 12.1 Å². The Labute approximate surface area is 139 Å². The molecule has 2 heterocycles. The van der Waals surface area contributed by atoms with Crippen molar-refractivity contribution in [2.75, 3.05) is 27.3 Å². The molecule has 8 heteroatoms. The van der Waals surface area contributed by atoms with E-state index in [0.717, 1.165) is 11.9 Å². The number of benzene rings is 1. The number of rotatable bonds is 4. The number of likely N-dealkylation sites (N-methyl/N-ethyl adjacent to an activating group) is 1. The van der Waals surface area contributed by atoms with Gasteiger partial charge in [-0.2, -0.15) is 0 Å². The molecule has 0 spiro atoms. The highest BCUT2D eigenvalue weighted by Crippen LogP contribution is 2.32. The smallest absolute Gasteiger partial charge is 0.254 e. The van der Waals surface area contributed by atoms with Crippen LogP contribution in [0.1, 0.15) is 23.2 Å². The van der Waals surface area contributed by atoms with Crippen LogP contribution in [0.3, 0.4) is 0 Å². The zero-order valence-electron chi connectivity index (χ0n) is 14.1. The molecule has 1 fully saturated rings. The van der Waals surface area contributed by atoms with Crippen molar-refractivity contribution in [3.63, 3.8) is 0 Å². The quantitative estimate of drug-likeness (QED) is 0.872. The highest BCUT2D eigenvalue weighted by molar-refractivity contribution is 6.01. The molecular formula is C16H21N5O3. The summed E-state index contributed by atoms with van der Waals surface area (Å²) >= 11 is 0. The Bertz CT molecular complexity index is 787. The Balaban J connectivity index is 1.98. The summed E-state index contributed by atoms with van der Waals surface area (Å²) in [4.78, 5) is 27.1. The van der Waals surface area contributed by atoms with Gasteiger partial charge in [-0.15, -0.1) is 5.10 Å². The average molecular weight is 331 g/mol. The summed E-state index contributed by atoms with van der Waals surface area (Å²) in [7, 11) is 4.91. The third-order valence-corrected chi connectivity index (χ3v) is 4.62. The van der Waals surface area contributed by atoms with Crippen molar-refractivity contribution in [1.82, 2.24) is 25.2 Å². The number of carbonyl (C=O) groups excluding carboxylic acids is 2. The Hall–Kier alpha value is -2.48. The van der Waals surface area contributed by atoms with Crippen LogP contribution in [0.25, 0.3) is 11.0 Å². The lowest BCUT2D eigenvalue weighted by molar-refractivity contribution is -0.133. The molecule has 0 radical (unpaired) electrons. The van der Waals surface area contributed by atoms with Crippen LogP contribution < -0.4 is 5.32 Å². The fourth-order valence-corrected chi connectivity index (χ4v) is 3.43. The van der Waals surface area contributed by atoms with Gasteiger partial charge < -0.3 is 15.0 Å². The number of hydrogen-bond donors (Lipinski definition) is 1. The van der Waals surface area contributed by atoms with E-state index in [1.54, 1.807) is 35.8 Å². The number of carbonyl (C=O) groups is 2. The lowest BCUT2D eigenvalue weighted by Gasteiger charge is -2.36. The van der Waals surface area contributed by atoms with Crippen LogP contribution in [-0.4, -0.2) is 64.6 Å². The van der Waals surface area contributed by atoms with E-state index in [1.807, 2.05) is 6.07 Å². The van der Waals surface area contributed by atoms with Crippen molar-refractivity contribution >= 4 is 22.8 Å². The third-order valence-electron chi connectivity index (χ3n) is 4.62. The first kappa shape index (κ1) is 16.4. The number of ether oxygens (including phenoxy) is 1. The highest BCUT2D eigenvalue weighted by atomic mass is 16.5. The number of nitrogens with one attached hydrogen (secondary N) is 1. The van der Waals surface area contributed by atoms with Gasteiger partial charge in [0.1, 0.15) is 11.1 Å². The van der Waals surface area contributed by atoms with Crippen molar-refractivity contribution in [3.8, 4) is 0 Å². The second-order valence-electron chi connectivity index (χ2n) is 6.02. The molecule has 0 aliphatic carbocycles. The summed E-state index contributed by atoms with van der Waals surface area (Å²) in [6.45, 7) is 0.694. The summed E-state index contributed by atoms with van der Waals surface area (Å²) in [5.41, 5.74) is 1.04. The topological polar surface area (TPSA) is 89.3 Å². The molecule has 1 aliphatic heterocycles. The first-order chi connectivity index (χ1) is 11.5. The van der Waals surface area contributed by atoms with Crippen LogP contribution in [0.15, 0.2) is 18.2 Å². The number of likely N-dealkylation sites (tertiary alicyclic amines) is 1. The van der Waals surface area contributed by atoms with Gasteiger partial charge in [0.2, 0.25) is 5.91 Å².